The number of carbonyl (C=O) groups excluding carboxylic acids is 2. The number of methoxy groups -OCH3 is 1. The van der Waals surface area contributed by atoms with Crippen LogP contribution in [0.3, 0.4) is 0 Å². The summed E-state index contributed by atoms with van der Waals surface area (Å²) in [6.45, 7) is 5.90. The number of alkyl halides is 3. The Morgan fingerprint density at radius 1 is 1.02 bits per heavy atom. The first kappa shape index (κ1) is 38.4. The Morgan fingerprint density at radius 2 is 1.76 bits per heavy atom. The highest BCUT2D eigenvalue weighted by Gasteiger charge is 2.33. The number of amides is 1. The number of piperidine rings is 1. The van der Waals surface area contributed by atoms with Crippen LogP contribution in [0.15, 0.2) is 60.7 Å². The van der Waals surface area contributed by atoms with Crippen molar-refractivity contribution in [1.82, 2.24) is 19.4 Å². The number of hydrogen-bond donors (Lipinski definition) is 0. The number of fused-ring (bicyclic) bond motifs is 1. The van der Waals surface area contributed by atoms with E-state index in [1.807, 2.05) is 41.8 Å². The molecule has 0 N–H and O–H groups in total. The van der Waals surface area contributed by atoms with Gasteiger partial charge in [0.15, 0.2) is 5.82 Å². The van der Waals surface area contributed by atoms with Crippen molar-refractivity contribution in [1.29, 1.82) is 0 Å². The first-order valence-corrected chi connectivity index (χ1v) is 17.6. The number of aromatic nitrogens is 2. The van der Waals surface area contributed by atoms with Crippen LogP contribution in [0, 0.1) is 5.92 Å². The number of benzene rings is 3. The van der Waals surface area contributed by atoms with Gasteiger partial charge < -0.3 is 28.6 Å². The van der Waals surface area contributed by atoms with Crippen molar-refractivity contribution >= 4 is 45.9 Å². The Balaban J connectivity index is 1.26. The van der Waals surface area contributed by atoms with Crippen molar-refractivity contribution < 1.29 is 37.0 Å². The van der Waals surface area contributed by atoms with Gasteiger partial charge in [-0.1, -0.05) is 41.4 Å². The standard InChI is InChI=1S/C37H41Cl2F3N4O5/c1-4-50-20-19-46-32-8-6-5-7-31(32)43-35(46)34(47)24-13-16-45(17-14-24)18-15-26(25-9-11-29(38)30(39)21-25)23-44(2)36(48)28-22-27(51-37(40,41)42)10-12-33(28)49-3/h5-12,21-22,24,26H,4,13-20,23H2,1-3H3. The van der Waals surface area contributed by atoms with Crippen molar-refractivity contribution in [3.63, 3.8) is 0 Å². The van der Waals surface area contributed by atoms with E-state index in [1.54, 1.807) is 19.2 Å². The van der Waals surface area contributed by atoms with Crippen LogP contribution in [-0.2, 0) is 11.3 Å². The first-order chi connectivity index (χ1) is 24.4. The van der Waals surface area contributed by atoms with E-state index in [2.05, 4.69) is 9.64 Å². The van der Waals surface area contributed by atoms with Gasteiger partial charge >= 0.3 is 6.36 Å². The van der Waals surface area contributed by atoms with E-state index in [4.69, 9.17) is 37.7 Å². The van der Waals surface area contributed by atoms with Gasteiger partial charge in [0.25, 0.3) is 5.91 Å². The van der Waals surface area contributed by atoms with Gasteiger partial charge in [0.1, 0.15) is 11.5 Å². The summed E-state index contributed by atoms with van der Waals surface area (Å²) in [6, 6.07) is 16.5. The molecule has 3 aromatic carbocycles. The number of halogens is 5. The molecule has 5 rings (SSSR count). The molecular formula is C37H41Cl2F3N4O5. The molecule has 1 aromatic heterocycles. The molecule has 4 aromatic rings. The largest absolute Gasteiger partial charge is 0.573 e. The summed E-state index contributed by atoms with van der Waals surface area (Å²) in [6.07, 6.45) is -2.92. The molecule has 2 heterocycles. The zero-order chi connectivity index (χ0) is 36.7. The van der Waals surface area contributed by atoms with Crippen LogP contribution in [0.2, 0.25) is 10.0 Å². The molecule has 0 aliphatic carbocycles. The van der Waals surface area contributed by atoms with Crippen LogP contribution < -0.4 is 9.47 Å². The lowest BCUT2D eigenvalue weighted by molar-refractivity contribution is -0.274. The highest BCUT2D eigenvalue weighted by atomic mass is 35.5. The number of rotatable bonds is 15. The van der Waals surface area contributed by atoms with Gasteiger partial charge in [-0.3, -0.25) is 9.59 Å². The number of hydrogen-bond acceptors (Lipinski definition) is 7. The third-order valence-electron chi connectivity index (χ3n) is 9.18. The average Bonchev–Trinajstić information content (AvgIpc) is 3.48. The number of likely N-dealkylation sites (N-methyl/N-ethyl adjacent to an activating group) is 1. The van der Waals surface area contributed by atoms with Crippen LogP contribution in [0.5, 0.6) is 11.5 Å². The third-order valence-corrected chi connectivity index (χ3v) is 9.92. The van der Waals surface area contributed by atoms with Gasteiger partial charge in [-0.25, -0.2) is 4.98 Å². The minimum absolute atomic E-state index is 0.0382. The molecule has 0 radical (unpaired) electrons. The summed E-state index contributed by atoms with van der Waals surface area (Å²) in [4.78, 5) is 35.9. The summed E-state index contributed by atoms with van der Waals surface area (Å²) in [5, 5.41) is 0.770. The fourth-order valence-corrected chi connectivity index (χ4v) is 6.84. The van der Waals surface area contributed by atoms with E-state index in [1.165, 1.54) is 18.1 Å². The maximum Gasteiger partial charge on any atom is 0.573 e. The van der Waals surface area contributed by atoms with Crippen molar-refractivity contribution in [2.75, 3.05) is 53.6 Å². The molecule has 1 atom stereocenters. The highest BCUT2D eigenvalue weighted by Crippen LogP contribution is 2.33. The number of nitrogens with zero attached hydrogens (tertiary/aromatic N) is 4. The average molecular weight is 750 g/mol. The van der Waals surface area contributed by atoms with Crippen LogP contribution in [0.25, 0.3) is 11.0 Å². The number of ketones is 1. The summed E-state index contributed by atoms with van der Waals surface area (Å²) < 4.78 is 55.7. The minimum atomic E-state index is -4.91. The zero-order valence-electron chi connectivity index (χ0n) is 28.7. The van der Waals surface area contributed by atoms with Crippen LogP contribution >= 0.6 is 23.2 Å². The van der Waals surface area contributed by atoms with Crippen LogP contribution in [0.1, 0.15) is 58.6 Å². The number of imidazole rings is 1. The fourth-order valence-electron chi connectivity index (χ4n) is 6.53. The van der Waals surface area contributed by atoms with Crippen molar-refractivity contribution in [3.8, 4) is 11.5 Å². The molecule has 0 saturated carbocycles. The molecule has 9 nitrogen and oxygen atoms in total. The van der Waals surface area contributed by atoms with Gasteiger partial charge in [-0.15, -0.1) is 13.2 Å². The smallest absolute Gasteiger partial charge is 0.496 e. The Kier molecular flexibility index (Phi) is 12.9. The maximum absolute atomic E-state index is 13.8. The Hall–Kier alpha value is -3.84. The van der Waals surface area contributed by atoms with E-state index in [0.717, 1.165) is 28.7 Å². The number of carbonyl (C=O) groups is 2. The summed E-state index contributed by atoms with van der Waals surface area (Å²) in [5.74, 6) is -0.786. The van der Waals surface area contributed by atoms with Gasteiger partial charge in [0.2, 0.25) is 5.78 Å². The molecule has 1 fully saturated rings. The predicted molar refractivity (Wildman–Crippen MR) is 190 cm³/mol. The molecule has 0 spiro atoms. The van der Waals surface area contributed by atoms with E-state index in [9.17, 15) is 22.8 Å². The number of Topliss-reactive ketones (excluding diaryl/α,β-unsaturated/α-hetero) is 1. The summed E-state index contributed by atoms with van der Waals surface area (Å²) in [7, 11) is 2.92. The van der Waals surface area contributed by atoms with Gasteiger partial charge in [0, 0.05) is 38.6 Å². The molecule has 1 aliphatic rings. The van der Waals surface area contributed by atoms with E-state index < -0.39 is 18.0 Å². The second-order valence-corrected chi connectivity index (χ2v) is 13.3. The highest BCUT2D eigenvalue weighted by molar-refractivity contribution is 6.42. The SMILES string of the molecule is CCOCCn1c(C(=O)C2CCN(CCC(CN(C)C(=O)c3cc(OC(F)(F)F)ccc3OC)c3ccc(Cl)c(Cl)c3)CC2)nc2ccccc21. The van der Waals surface area contributed by atoms with Crippen molar-refractivity contribution in [2.24, 2.45) is 5.92 Å². The second-order valence-electron chi connectivity index (χ2n) is 12.5. The lowest BCUT2D eigenvalue weighted by Gasteiger charge is -2.33. The Bertz CT molecular complexity index is 1830. The van der Waals surface area contributed by atoms with E-state index >= 15 is 0 Å². The maximum atomic E-state index is 13.8. The van der Waals surface area contributed by atoms with Crippen LogP contribution in [-0.4, -0.2) is 91.0 Å². The lowest BCUT2D eigenvalue weighted by atomic mass is 9.90. The molecule has 1 amide bonds. The van der Waals surface area contributed by atoms with Gasteiger partial charge in [0.05, 0.1) is 40.4 Å². The van der Waals surface area contributed by atoms with Crippen LogP contribution in [0.4, 0.5) is 13.2 Å². The minimum Gasteiger partial charge on any atom is -0.496 e. The van der Waals surface area contributed by atoms with Crippen molar-refractivity contribution in [3.05, 3.63) is 87.7 Å². The lowest BCUT2D eigenvalue weighted by Crippen LogP contribution is -2.39. The molecule has 1 unspecified atom stereocenters. The molecule has 1 aliphatic heterocycles. The number of para-hydroxylation sites is 2. The number of ether oxygens (including phenoxy) is 3. The van der Waals surface area contributed by atoms with Crippen molar-refractivity contribution in [2.45, 2.75) is 45.0 Å². The first-order valence-electron chi connectivity index (χ1n) is 16.8. The summed E-state index contributed by atoms with van der Waals surface area (Å²) >= 11 is 12.6. The molecule has 1 saturated heterocycles. The molecule has 0 bridgehead atoms. The van der Waals surface area contributed by atoms with Gasteiger partial charge in [-0.05, 0) is 93.8 Å². The number of likely N-dealkylation sites (tertiary alicyclic amines) is 1. The molecular weight excluding hydrogens is 708 g/mol. The third kappa shape index (κ3) is 9.73. The van der Waals surface area contributed by atoms with E-state index in [0.29, 0.717) is 74.5 Å². The fraction of sp³-hybridized carbons (Fsp3) is 0.432. The quantitative estimate of drug-likeness (QED) is 0.0897. The monoisotopic (exact) mass is 748 g/mol. The van der Waals surface area contributed by atoms with E-state index in [-0.39, 0.29) is 35.5 Å². The predicted octanol–water partition coefficient (Wildman–Crippen LogP) is 8.13. The topological polar surface area (TPSA) is 86.1 Å². The normalized spacial score (nSPS) is 14.8. The summed E-state index contributed by atoms with van der Waals surface area (Å²) in [5.41, 5.74) is 2.50. The Labute approximate surface area is 305 Å². The second kappa shape index (κ2) is 17.1. The molecule has 51 heavy (non-hydrogen) atoms. The zero-order valence-corrected chi connectivity index (χ0v) is 30.2. The van der Waals surface area contributed by atoms with Gasteiger partial charge in [-0.2, -0.15) is 0 Å². The molecule has 274 valence electrons. The Morgan fingerprint density at radius 3 is 2.45 bits per heavy atom. The molecule has 14 heteroatoms.